The second kappa shape index (κ2) is 3.45. The third kappa shape index (κ3) is 1.96. The lowest BCUT2D eigenvalue weighted by Gasteiger charge is -2.43. The predicted octanol–water partition coefficient (Wildman–Crippen LogP) is 3.28. The maximum Gasteiger partial charge on any atom is 0.0682 e. The van der Waals surface area contributed by atoms with Gasteiger partial charge in [0.1, 0.15) is 0 Å². The molecule has 0 aromatic carbocycles. The second-order valence-electron chi connectivity index (χ2n) is 4.77. The van der Waals surface area contributed by atoms with Crippen LogP contribution in [0.1, 0.15) is 52.9 Å². The molecule has 0 amide bonds. The molecule has 0 spiro atoms. The van der Waals surface area contributed by atoms with Gasteiger partial charge in [-0.15, -0.1) is 0 Å². The van der Waals surface area contributed by atoms with Crippen LogP contribution in [-0.2, 0) is 0 Å². The molecule has 0 aliphatic heterocycles. The third-order valence-corrected chi connectivity index (χ3v) is 3.98. The van der Waals surface area contributed by atoms with E-state index in [-0.39, 0.29) is 5.41 Å². The summed E-state index contributed by atoms with van der Waals surface area (Å²) in [6.07, 6.45) is 4.82. The highest BCUT2D eigenvalue weighted by Crippen LogP contribution is 2.46. The standard InChI is InChI=1S/C12H22O/c1-5-11(4)7-8-12(13,6-2)9-10(11)3/h13H,3,5-9H2,1-2,4H3/t11-,12-/m0/s1. The van der Waals surface area contributed by atoms with Gasteiger partial charge in [0.05, 0.1) is 5.60 Å². The molecular weight excluding hydrogens is 160 g/mol. The molecule has 1 nitrogen and oxygen atoms in total. The second-order valence-corrected chi connectivity index (χ2v) is 4.77. The summed E-state index contributed by atoms with van der Waals surface area (Å²) in [6, 6.07) is 0. The zero-order valence-corrected chi connectivity index (χ0v) is 9.19. The van der Waals surface area contributed by atoms with E-state index in [4.69, 9.17) is 0 Å². The van der Waals surface area contributed by atoms with Crippen molar-refractivity contribution in [2.24, 2.45) is 5.41 Å². The average Bonchev–Trinajstić information content (AvgIpc) is 2.13. The molecule has 1 saturated carbocycles. The van der Waals surface area contributed by atoms with Gasteiger partial charge in [-0.1, -0.05) is 32.9 Å². The van der Waals surface area contributed by atoms with Crippen LogP contribution in [-0.4, -0.2) is 10.7 Å². The number of rotatable bonds is 2. The topological polar surface area (TPSA) is 20.2 Å². The van der Waals surface area contributed by atoms with Gasteiger partial charge in [0.2, 0.25) is 0 Å². The van der Waals surface area contributed by atoms with Gasteiger partial charge in [-0.05, 0) is 37.5 Å². The van der Waals surface area contributed by atoms with Crippen molar-refractivity contribution < 1.29 is 5.11 Å². The first-order chi connectivity index (χ1) is 5.96. The molecule has 1 aliphatic carbocycles. The fourth-order valence-electron chi connectivity index (χ4n) is 2.11. The molecule has 0 bridgehead atoms. The van der Waals surface area contributed by atoms with Crippen molar-refractivity contribution in [2.75, 3.05) is 0 Å². The van der Waals surface area contributed by atoms with Gasteiger partial charge in [-0.2, -0.15) is 0 Å². The van der Waals surface area contributed by atoms with Gasteiger partial charge in [0, 0.05) is 0 Å². The van der Waals surface area contributed by atoms with Gasteiger partial charge < -0.3 is 5.11 Å². The maximum absolute atomic E-state index is 10.1. The van der Waals surface area contributed by atoms with Crippen LogP contribution in [0.3, 0.4) is 0 Å². The Morgan fingerprint density at radius 2 is 1.92 bits per heavy atom. The zero-order valence-electron chi connectivity index (χ0n) is 9.19. The first-order valence-electron chi connectivity index (χ1n) is 5.36. The highest BCUT2D eigenvalue weighted by atomic mass is 16.3. The molecular formula is C12H22O. The van der Waals surface area contributed by atoms with E-state index in [9.17, 15) is 5.11 Å². The lowest BCUT2D eigenvalue weighted by Crippen LogP contribution is -2.38. The van der Waals surface area contributed by atoms with Gasteiger partial charge in [-0.25, -0.2) is 0 Å². The highest BCUT2D eigenvalue weighted by Gasteiger charge is 2.39. The first kappa shape index (κ1) is 10.8. The molecule has 0 aromatic rings. The Hall–Kier alpha value is -0.300. The summed E-state index contributed by atoms with van der Waals surface area (Å²) in [5.41, 5.74) is 1.07. The van der Waals surface area contributed by atoms with Crippen molar-refractivity contribution in [3.05, 3.63) is 12.2 Å². The van der Waals surface area contributed by atoms with Crippen LogP contribution >= 0.6 is 0 Å². The van der Waals surface area contributed by atoms with Crippen molar-refractivity contribution in [1.82, 2.24) is 0 Å². The predicted molar refractivity (Wildman–Crippen MR) is 56.6 cm³/mol. The minimum atomic E-state index is -0.453. The number of aliphatic hydroxyl groups is 1. The first-order valence-corrected chi connectivity index (χ1v) is 5.36. The maximum atomic E-state index is 10.1. The summed E-state index contributed by atoms with van der Waals surface area (Å²) >= 11 is 0. The molecule has 1 N–H and O–H groups in total. The van der Waals surface area contributed by atoms with E-state index in [1.54, 1.807) is 0 Å². The molecule has 0 aromatic heterocycles. The monoisotopic (exact) mass is 182 g/mol. The molecule has 1 fully saturated rings. The smallest absolute Gasteiger partial charge is 0.0682 e. The average molecular weight is 182 g/mol. The molecule has 0 heterocycles. The Morgan fingerprint density at radius 1 is 1.31 bits per heavy atom. The van der Waals surface area contributed by atoms with Crippen LogP contribution in [0.15, 0.2) is 12.2 Å². The lowest BCUT2D eigenvalue weighted by atomic mass is 9.65. The van der Waals surface area contributed by atoms with Gasteiger partial charge in [-0.3, -0.25) is 0 Å². The normalized spacial score (nSPS) is 40.8. The van der Waals surface area contributed by atoms with Crippen molar-refractivity contribution >= 4 is 0 Å². The zero-order chi connectivity index (χ0) is 10.1. The fraction of sp³-hybridized carbons (Fsp3) is 0.833. The van der Waals surface area contributed by atoms with Gasteiger partial charge in [0.15, 0.2) is 0 Å². The quantitative estimate of drug-likeness (QED) is 0.650. The molecule has 0 unspecified atom stereocenters. The minimum Gasteiger partial charge on any atom is -0.390 e. The molecule has 76 valence electrons. The summed E-state index contributed by atoms with van der Waals surface area (Å²) in [4.78, 5) is 0. The van der Waals surface area contributed by atoms with Crippen molar-refractivity contribution in [2.45, 2.75) is 58.5 Å². The number of hydrogen-bond donors (Lipinski definition) is 1. The summed E-state index contributed by atoms with van der Waals surface area (Å²) in [5.74, 6) is 0. The molecule has 0 saturated heterocycles. The van der Waals surface area contributed by atoms with E-state index in [1.165, 1.54) is 5.57 Å². The van der Waals surface area contributed by atoms with E-state index in [0.717, 1.165) is 32.1 Å². The molecule has 1 rings (SSSR count). The Kier molecular flexibility index (Phi) is 2.86. The summed E-state index contributed by atoms with van der Waals surface area (Å²) in [7, 11) is 0. The SMILES string of the molecule is C=C1C[C@](O)(CC)CC[C@]1(C)CC. The lowest BCUT2D eigenvalue weighted by molar-refractivity contribution is -0.00614. The van der Waals surface area contributed by atoms with Crippen LogP contribution in [0, 0.1) is 5.41 Å². The Labute approximate surface area is 81.9 Å². The minimum absolute atomic E-state index is 0.279. The van der Waals surface area contributed by atoms with Gasteiger partial charge >= 0.3 is 0 Å². The Morgan fingerprint density at radius 3 is 2.31 bits per heavy atom. The van der Waals surface area contributed by atoms with E-state index < -0.39 is 5.60 Å². The molecule has 1 aliphatic rings. The number of hydrogen-bond acceptors (Lipinski definition) is 1. The van der Waals surface area contributed by atoms with E-state index in [1.807, 2.05) is 0 Å². The van der Waals surface area contributed by atoms with E-state index in [0.29, 0.717) is 0 Å². The van der Waals surface area contributed by atoms with Crippen molar-refractivity contribution in [1.29, 1.82) is 0 Å². The third-order valence-electron chi connectivity index (χ3n) is 3.98. The summed E-state index contributed by atoms with van der Waals surface area (Å²) < 4.78 is 0. The summed E-state index contributed by atoms with van der Waals surface area (Å²) in [5, 5.41) is 10.1. The Bertz CT molecular complexity index is 209. The molecule has 13 heavy (non-hydrogen) atoms. The van der Waals surface area contributed by atoms with Crippen LogP contribution < -0.4 is 0 Å². The highest BCUT2D eigenvalue weighted by molar-refractivity contribution is 5.16. The fourth-order valence-corrected chi connectivity index (χ4v) is 2.11. The Balaban J connectivity index is 2.72. The summed E-state index contributed by atoms with van der Waals surface area (Å²) in [6.45, 7) is 10.7. The van der Waals surface area contributed by atoms with Crippen LogP contribution in [0.2, 0.25) is 0 Å². The molecule has 1 heteroatoms. The molecule has 0 radical (unpaired) electrons. The van der Waals surface area contributed by atoms with Crippen LogP contribution in [0.4, 0.5) is 0 Å². The molecule has 2 atom stereocenters. The van der Waals surface area contributed by atoms with Crippen molar-refractivity contribution in [3.63, 3.8) is 0 Å². The van der Waals surface area contributed by atoms with E-state index >= 15 is 0 Å². The van der Waals surface area contributed by atoms with Crippen molar-refractivity contribution in [3.8, 4) is 0 Å². The van der Waals surface area contributed by atoms with Crippen LogP contribution in [0.25, 0.3) is 0 Å². The van der Waals surface area contributed by atoms with Gasteiger partial charge in [0.25, 0.3) is 0 Å². The van der Waals surface area contributed by atoms with E-state index in [2.05, 4.69) is 27.4 Å². The largest absolute Gasteiger partial charge is 0.390 e. The van der Waals surface area contributed by atoms with Crippen LogP contribution in [0.5, 0.6) is 0 Å².